The van der Waals surface area contributed by atoms with Crippen molar-refractivity contribution in [1.82, 2.24) is 4.90 Å². The molecule has 196 valence electrons. The molecule has 4 aromatic rings. The van der Waals surface area contributed by atoms with Crippen LogP contribution in [0.1, 0.15) is 39.3 Å². The fourth-order valence-corrected chi connectivity index (χ4v) is 6.03. The molecular weight excluding hydrogens is 497 g/mol. The van der Waals surface area contributed by atoms with Crippen molar-refractivity contribution in [2.75, 3.05) is 43.5 Å². The second kappa shape index (κ2) is 11.8. The van der Waals surface area contributed by atoms with Crippen LogP contribution in [-0.2, 0) is 6.42 Å². The first-order valence-electron chi connectivity index (χ1n) is 12.9. The summed E-state index contributed by atoms with van der Waals surface area (Å²) in [6.45, 7) is 5.07. The molecule has 1 aliphatic heterocycles. The number of methoxy groups -OCH3 is 1. The number of amides is 1. The van der Waals surface area contributed by atoms with Gasteiger partial charge in [-0.3, -0.25) is 9.69 Å². The first-order chi connectivity index (χ1) is 18.6. The predicted octanol–water partition coefficient (Wildman–Crippen LogP) is 6.62. The number of anilines is 2. The summed E-state index contributed by atoms with van der Waals surface area (Å²) < 4.78 is 19.9. The third kappa shape index (κ3) is 5.59. The lowest BCUT2D eigenvalue weighted by Crippen LogP contribution is -2.48. The number of nitrogens with zero attached hydrogens (tertiary/aromatic N) is 2. The summed E-state index contributed by atoms with van der Waals surface area (Å²) in [5.41, 5.74) is 3.48. The second-order valence-electron chi connectivity index (χ2n) is 9.32. The SMILES string of the molecule is CCc1cc([C@H](c2ccc(OC)cc2)N2CCN(c3ccccc3F)CC2)c(NC(=O)c2ccccc2)s1. The molecule has 38 heavy (non-hydrogen) atoms. The number of para-hydroxylation sites is 1. The molecule has 5 rings (SSSR count). The van der Waals surface area contributed by atoms with Crippen LogP contribution in [0.3, 0.4) is 0 Å². The molecule has 1 fully saturated rings. The molecular formula is C31H32FN3O2S. The van der Waals surface area contributed by atoms with E-state index in [9.17, 15) is 9.18 Å². The zero-order chi connectivity index (χ0) is 26.5. The van der Waals surface area contributed by atoms with Gasteiger partial charge in [-0.15, -0.1) is 11.3 Å². The number of ether oxygens (including phenoxy) is 1. The van der Waals surface area contributed by atoms with E-state index in [1.807, 2.05) is 54.6 Å². The number of piperazine rings is 1. The highest BCUT2D eigenvalue weighted by Crippen LogP contribution is 2.40. The molecule has 2 heterocycles. The van der Waals surface area contributed by atoms with E-state index in [-0.39, 0.29) is 17.8 Å². The van der Waals surface area contributed by atoms with Crippen LogP contribution in [0, 0.1) is 5.82 Å². The highest BCUT2D eigenvalue weighted by Gasteiger charge is 2.30. The summed E-state index contributed by atoms with van der Waals surface area (Å²) in [4.78, 5) is 18.9. The number of nitrogens with one attached hydrogen (secondary N) is 1. The van der Waals surface area contributed by atoms with Crippen molar-refractivity contribution in [1.29, 1.82) is 0 Å². The van der Waals surface area contributed by atoms with Crippen molar-refractivity contribution < 1.29 is 13.9 Å². The summed E-state index contributed by atoms with van der Waals surface area (Å²) in [6, 6.07) is 26.6. The minimum atomic E-state index is -0.191. The van der Waals surface area contributed by atoms with Gasteiger partial charge in [0.2, 0.25) is 0 Å². The van der Waals surface area contributed by atoms with E-state index in [1.54, 1.807) is 24.5 Å². The summed E-state index contributed by atoms with van der Waals surface area (Å²) in [5, 5.41) is 4.07. The Labute approximate surface area is 227 Å². The van der Waals surface area contributed by atoms with Crippen LogP contribution in [0.15, 0.2) is 84.9 Å². The van der Waals surface area contributed by atoms with E-state index in [0.29, 0.717) is 24.3 Å². The number of carbonyl (C=O) groups is 1. The maximum atomic E-state index is 14.5. The van der Waals surface area contributed by atoms with E-state index in [1.165, 1.54) is 10.9 Å². The smallest absolute Gasteiger partial charge is 0.256 e. The van der Waals surface area contributed by atoms with E-state index in [2.05, 4.69) is 40.2 Å². The average Bonchev–Trinajstić information content (AvgIpc) is 3.37. The Balaban J connectivity index is 1.47. The normalized spacial score (nSPS) is 14.8. The number of carbonyl (C=O) groups excluding carboxylic acids is 1. The van der Waals surface area contributed by atoms with Gasteiger partial charge in [-0.25, -0.2) is 4.39 Å². The van der Waals surface area contributed by atoms with Gasteiger partial charge in [0.25, 0.3) is 5.91 Å². The standard InChI is InChI=1S/C31H32FN3O2S/c1-3-25-21-26(31(38-25)33-30(36)23-9-5-4-6-10-23)29(22-13-15-24(37-2)16-14-22)35-19-17-34(18-20-35)28-12-8-7-11-27(28)32/h4-16,21,29H,3,17-20H2,1-2H3,(H,33,36)/t29-/m0/s1. The summed E-state index contributed by atoms with van der Waals surface area (Å²) in [6.07, 6.45) is 0.884. The van der Waals surface area contributed by atoms with E-state index in [0.717, 1.165) is 41.4 Å². The molecule has 3 aromatic carbocycles. The van der Waals surface area contributed by atoms with Crippen LogP contribution in [0.4, 0.5) is 15.1 Å². The van der Waals surface area contributed by atoms with Crippen molar-refractivity contribution in [2.24, 2.45) is 0 Å². The molecule has 0 aliphatic carbocycles. The third-order valence-electron chi connectivity index (χ3n) is 7.02. The highest BCUT2D eigenvalue weighted by atomic mass is 32.1. The quantitative estimate of drug-likeness (QED) is 0.279. The molecule has 7 heteroatoms. The van der Waals surface area contributed by atoms with Gasteiger partial charge in [-0.2, -0.15) is 0 Å². The van der Waals surface area contributed by atoms with E-state index in [4.69, 9.17) is 4.74 Å². The van der Waals surface area contributed by atoms with E-state index >= 15 is 0 Å². The summed E-state index contributed by atoms with van der Waals surface area (Å²) in [7, 11) is 1.66. The van der Waals surface area contributed by atoms with Crippen LogP contribution >= 0.6 is 11.3 Å². The Morgan fingerprint density at radius 2 is 1.66 bits per heavy atom. The number of hydrogen-bond donors (Lipinski definition) is 1. The largest absolute Gasteiger partial charge is 0.497 e. The van der Waals surface area contributed by atoms with Crippen molar-refractivity contribution in [3.8, 4) is 5.75 Å². The number of aryl methyl sites for hydroxylation is 1. The highest BCUT2D eigenvalue weighted by molar-refractivity contribution is 7.16. The molecule has 0 radical (unpaired) electrons. The van der Waals surface area contributed by atoms with Crippen molar-refractivity contribution in [3.63, 3.8) is 0 Å². The van der Waals surface area contributed by atoms with Gasteiger partial charge < -0.3 is 15.0 Å². The monoisotopic (exact) mass is 529 g/mol. The zero-order valence-corrected chi connectivity index (χ0v) is 22.5. The van der Waals surface area contributed by atoms with Crippen molar-refractivity contribution >= 4 is 27.9 Å². The number of halogens is 1. The Hall–Kier alpha value is -3.68. The predicted molar refractivity (Wildman–Crippen MR) is 153 cm³/mol. The first kappa shape index (κ1) is 25.9. The number of thiophene rings is 1. The fourth-order valence-electron chi connectivity index (χ4n) is 5.00. The lowest BCUT2D eigenvalue weighted by Gasteiger charge is -2.40. The van der Waals surface area contributed by atoms with Crippen LogP contribution in [0.5, 0.6) is 5.75 Å². The molecule has 1 amide bonds. The Morgan fingerprint density at radius 3 is 2.32 bits per heavy atom. The van der Waals surface area contributed by atoms with Gasteiger partial charge in [0.15, 0.2) is 0 Å². The Bertz CT molecular complexity index is 1370. The van der Waals surface area contributed by atoms with Gasteiger partial charge in [0.1, 0.15) is 16.6 Å². The Kier molecular flexibility index (Phi) is 8.05. The second-order valence-corrected chi connectivity index (χ2v) is 10.5. The van der Waals surface area contributed by atoms with Gasteiger partial charge in [0.05, 0.1) is 18.8 Å². The lowest BCUT2D eigenvalue weighted by atomic mass is 9.97. The molecule has 1 atom stereocenters. The lowest BCUT2D eigenvalue weighted by molar-refractivity contribution is 0.102. The summed E-state index contributed by atoms with van der Waals surface area (Å²) >= 11 is 1.63. The third-order valence-corrected chi connectivity index (χ3v) is 8.23. The first-order valence-corrected chi connectivity index (χ1v) is 13.8. The van der Waals surface area contributed by atoms with Gasteiger partial charge in [0, 0.05) is 42.2 Å². The molecule has 0 spiro atoms. The molecule has 0 unspecified atom stereocenters. The molecule has 1 aromatic heterocycles. The Morgan fingerprint density at radius 1 is 0.974 bits per heavy atom. The maximum absolute atomic E-state index is 14.5. The molecule has 1 N–H and O–H groups in total. The fraction of sp³-hybridized carbons (Fsp3) is 0.258. The number of rotatable bonds is 8. The topological polar surface area (TPSA) is 44.8 Å². The van der Waals surface area contributed by atoms with Crippen LogP contribution in [0.25, 0.3) is 0 Å². The molecule has 1 saturated heterocycles. The van der Waals surface area contributed by atoms with Gasteiger partial charge in [-0.1, -0.05) is 49.4 Å². The van der Waals surface area contributed by atoms with Gasteiger partial charge >= 0.3 is 0 Å². The number of benzene rings is 3. The van der Waals surface area contributed by atoms with Crippen molar-refractivity contribution in [3.05, 3.63) is 112 Å². The van der Waals surface area contributed by atoms with E-state index < -0.39 is 0 Å². The molecule has 5 nitrogen and oxygen atoms in total. The van der Waals surface area contributed by atoms with Crippen LogP contribution in [-0.4, -0.2) is 44.1 Å². The van der Waals surface area contributed by atoms with Crippen LogP contribution < -0.4 is 15.0 Å². The average molecular weight is 530 g/mol. The minimum Gasteiger partial charge on any atom is -0.497 e. The molecule has 0 bridgehead atoms. The van der Waals surface area contributed by atoms with Crippen LogP contribution in [0.2, 0.25) is 0 Å². The van der Waals surface area contributed by atoms with Gasteiger partial charge in [-0.05, 0) is 54.4 Å². The number of hydrogen-bond acceptors (Lipinski definition) is 5. The minimum absolute atomic E-state index is 0.0636. The maximum Gasteiger partial charge on any atom is 0.256 e. The van der Waals surface area contributed by atoms with Crippen molar-refractivity contribution in [2.45, 2.75) is 19.4 Å². The zero-order valence-electron chi connectivity index (χ0n) is 21.7. The molecule has 1 aliphatic rings. The molecule has 0 saturated carbocycles. The summed E-state index contributed by atoms with van der Waals surface area (Å²) in [5.74, 6) is 0.493.